The van der Waals surface area contributed by atoms with E-state index in [-0.39, 0.29) is 6.42 Å². The first-order valence-corrected chi connectivity index (χ1v) is 4.05. The van der Waals surface area contributed by atoms with Crippen LogP contribution in [-0.2, 0) is 18.3 Å². The third kappa shape index (κ3) is 2.19. The molecule has 0 aliphatic heterocycles. The average Bonchev–Trinajstić information content (AvgIpc) is 2.35. The molecule has 0 radical (unpaired) electrons. The number of hydrogen-bond acceptors (Lipinski definition) is 3. The van der Waals surface area contributed by atoms with Crippen LogP contribution in [0.2, 0.25) is 5.02 Å². The Morgan fingerprint density at radius 1 is 1.92 bits per heavy atom. The molecule has 0 fully saturated rings. The summed E-state index contributed by atoms with van der Waals surface area (Å²) in [5.41, 5.74) is 5.98. The summed E-state index contributed by atoms with van der Waals surface area (Å²) in [6.45, 7) is 0. The van der Waals surface area contributed by atoms with Crippen LogP contribution in [0.3, 0.4) is 0 Å². The minimum absolute atomic E-state index is 0.185. The SMILES string of the molecule is Cn1ncc(Cl)c1C[C@H](N)C(=O)O. The molecule has 13 heavy (non-hydrogen) atoms. The standard InChI is InChI=1S/C7H10ClN3O2/c1-11-6(4(8)3-10-11)2-5(9)7(12)13/h3,5H,2,9H2,1H3,(H,12,13)/t5-/m0/s1. The van der Waals surface area contributed by atoms with Crippen LogP contribution >= 0.6 is 11.6 Å². The lowest BCUT2D eigenvalue weighted by Gasteiger charge is -2.06. The van der Waals surface area contributed by atoms with Gasteiger partial charge in [0.1, 0.15) is 6.04 Å². The van der Waals surface area contributed by atoms with Gasteiger partial charge in [-0.2, -0.15) is 5.10 Å². The first kappa shape index (κ1) is 10.0. The smallest absolute Gasteiger partial charge is 0.320 e. The van der Waals surface area contributed by atoms with Crippen molar-refractivity contribution in [1.29, 1.82) is 0 Å². The van der Waals surface area contributed by atoms with E-state index in [1.807, 2.05) is 0 Å². The molecule has 1 heterocycles. The molecule has 1 aromatic heterocycles. The van der Waals surface area contributed by atoms with Gasteiger partial charge in [-0.25, -0.2) is 0 Å². The van der Waals surface area contributed by atoms with E-state index in [1.165, 1.54) is 10.9 Å². The van der Waals surface area contributed by atoms with Gasteiger partial charge in [-0.1, -0.05) is 11.6 Å². The van der Waals surface area contributed by atoms with Crippen LogP contribution in [0.4, 0.5) is 0 Å². The van der Waals surface area contributed by atoms with E-state index in [0.29, 0.717) is 10.7 Å². The molecule has 0 aliphatic carbocycles. The molecule has 6 heteroatoms. The third-order valence-corrected chi connectivity index (χ3v) is 2.06. The molecular formula is C7H10ClN3O2. The summed E-state index contributed by atoms with van der Waals surface area (Å²) in [6, 6.07) is -0.937. The first-order valence-electron chi connectivity index (χ1n) is 3.67. The van der Waals surface area contributed by atoms with Crippen molar-refractivity contribution in [3.8, 4) is 0 Å². The van der Waals surface area contributed by atoms with Crippen molar-refractivity contribution in [1.82, 2.24) is 9.78 Å². The minimum atomic E-state index is -1.04. The number of aromatic nitrogens is 2. The second-order valence-corrected chi connectivity index (χ2v) is 3.12. The largest absolute Gasteiger partial charge is 0.480 e. The summed E-state index contributed by atoms with van der Waals surface area (Å²) in [5.74, 6) is -1.04. The second-order valence-electron chi connectivity index (χ2n) is 2.71. The molecule has 1 aromatic rings. The lowest BCUT2D eigenvalue weighted by atomic mass is 10.2. The molecular weight excluding hydrogens is 194 g/mol. The summed E-state index contributed by atoms with van der Waals surface area (Å²) in [6.07, 6.45) is 1.65. The zero-order valence-electron chi connectivity index (χ0n) is 7.07. The molecule has 0 aliphatic rings. The van der Waals surface area contributed by atoms with E-state index in [2.05, 4.69) is 5.10 Å². The van der Waals surface area contributed by atoms with Gasteiger partial charge < -0.3 is 10.8 Å². The van der Waals surface area contributed by atoms with E-state index < -0.39 is 12.0 Å². The lowest BCUT2D eigenvalue weighted by molar-refractivity contribution is -0.138. The normalized spacial score (nSPS) is 12.8. The summed E-state index contributed by atoms with van der Waals surface area (Å²) in [7, 11) is 1.69. The van der Waals surface area contributed by atoms with Gasteiger partial charge in [0.05, 0.1) is 16.9 Å². The Kier molecular flexibility index (Phi) is 2.90. The number of carbonyl (C=O) groups is 1. The van der Waals surface area contributed by atoms with E-state index >= 15 is 0 Å². The van der Waals surface area contributed by atoms with Crippen LogP contribution in [-0.4, -0.2) is 26.9 Å². The van der Waals surface area contributed by atoms with Gasteiger partial charge in [0.2, 0.25) is 0 Å². The van der Waals surface area contributed by atoms with E-state index in [0.717, 1.165) is 0 Å². The monoisotopic (exact) mass is 203 g/mol. The number of halogens is 1. The van der Waals surface area contributed by atoms with Crippen molar-refractivity contribution in [2.75, 3.05) is 0 Å². The number of nitrogens with zero attached hydrogens (tertiary/aromatic N) is 2. The van der Waals surface area contributed by atoms with Crippen LogP contribution in [0.25, 0.3) is 0 Å². The van der Waals surface area contributed by atoms with E-state index in [4.69, 9.17) is 22.4 Å². The molecule has 0 saturated heterocycles. The Morgan fingerprint density at radius 2 is 2.54 bits per heavy atom. The maximum Gasteiger partial charge on any atom is 0.320 e. The molecule has 3 N–H and O–H groups in total. The van der Waals surface area contributed by atoms with Crippen LogP contribution in [0.15, 0.2) is 6.20 Å². The van der Waals surface area contributed by atoms with Gasteiger partial charge in [0, 0.05) is 13.5 Å². The molecule has 1 rings (SSSR count). The van der Waals surface area contributed by atoms with E-state index in [9.17, 15) is 4.79 Å². The molecule has 1 atom stereocenters. The molecule has 0 unspecified atom stereocenters. The third-order valence-electron chi connectivity index (χ3n) is 1.74. The van der Waals surface area contributed by atoms with Gasteiger partial charge in [-0.05, 0) is 0 Å². The Hall–Kier alpha value is -1.07. The van der Waals surface area contributed by atoms with Crippen molar-refractivity contribution >= 4 is 17.6 Å². The Morgan fingerprint density at radius 3 is 2.92 bits per heavy atom. The molecule has 0 amide bonds. The Bertz CT molecular complexity index is 304. The highest BCUT2D eigenvalue weighted by Gasteiger charge is 2.16. The summed E-state index contributed by atoms with van der Waals surface area (Å²) in [4.78, 5) is 10.5. The zero-order chi connectivity index (χ0) is 10.0. The van der Waals surface area contributed by atoms with Crippen LogP contribution < -0.4 is 5.73 Å². The topological polar surface area (TPSA) is 81.1 Å². The number of nitrogens with two attached hydrogens (primary N) is 1. The quantitative estimate of drug-likeness (QED) is 0.726. The van der Waals surface area contributed by atoms with Crippen LogP contribution in [0.1, 0.15) is 5.69 Å². The number of carboxylic acid groups (broad SMARTS) is 1. The first-order chi connectivity index (χ1) is 6.02. The van der Waals surface area contributed by atoms with Gasteiger partial charge >= 0.3 is 5.97 Å². The number of hydrogen-bond donors (Lipinski definition) is 2. The van der Waals surface area contributed by atoms with Crippen LogP contribution in [0, 0.1) is 0 Å². The Balaban J connectivity index is 2.79. The average molecular weight is 204 g/mol. The highest BCUT2D eigenvalue weighted by Crippen LogP contribution is 2.15. The maximum atomic E-state index is 10.5. The summed E-state index contributed by atoms with van der Waals surface area (Å²) < 4.78 is 1.52. The van der Waals surface area contributed by atoms with Gasteiger partial charge in [0.25, 0.3) is 0 Å². The molecule has 0 spiro atoms. The fraction of sp³-hybridized carbons (Fsp3) is 0.429. The number of aryl methyl sites for hydroxylation is 1. The van der Waals surface area contributed by atoms with Gasteiger partial charge in [0.15, 0.2) is 0 Å². The second kappa shape index (κ2) is 3.76. The number of aliphatic carboxylic acids is 1. The zero-order valence-corrected chi connectivity index (χ0v) is 7.82. The minimum Gasteiger partial charge on any atom is -0.480 e. The van der Waals surface area contributed by atoms with E-state index in [1.54, 1.807) is 7.05 Å². The van der Waals surface area contributed by atoms with Crippen molar-refractivity contribution in [2.24, 2.45) is 12.8 Å². The predicted octanol–water partition coefficient (Wildman–Crippen LogP) is 0.0279. The Labute approximate surface area is 80.1 Å². The summed E-state index contributed by atoms with van der Waals surface area (Å²) >= 11 is 5.76. The van der Waals surface area contributed by atoms with Gasteiger partial charge in [-0.15, -0.1) is 0 Å². The molecule has 5 nitrogen and oxygen atoms in total. The molecule has 0 saturated carbocycles. The molecule has 0 aromatic carbocycles. The maximum absolute atomic E-state index is 10.5. The van der Waals surface area contributed by atoms with Gasteiger partial charge in [-0.3, -0.25) is 9.48 Å². The van der Waals surface area contributed by atoms with Crippen molar-refractivity contribution < 1.29 is 9.90 Å². The number of carboxylic acids is 1. The van der Waals surface area contributed by atoms with Crippen molar-refractivity contribution in [2.45, 2.75) is 12.5 Å². The fourth-order valence-electron chi connectivity index (χ4n) is 0.961. The highest BCUT2D eigenvalue weighted by atomic mass is 35.5. The molecule has 72 valence electrons. The van der Waals surface area contributed by atoms with Crippen molar-refractivity contribution in [3.05, 3.63) is 16.9 Å². The fourth-order valence-corrected chi connectivity index (χ4v) is 1.20. The van der Waals surface area contributed by atoms with Crippen molar-refractivity contribution in [3.63, 3.8) is 0 Å². The highest BCUT2D eigenvalue weighted by molar-refractivity contribution is 6.31. The lowest BCUT2D eigenvalue weighted by Crippen LogP contribution is -2.33. The molecule has 0 bridgehead atoms. The predicted molar refractivity (Wildman–Crippen MR) is 47.5 cm³/mol. The summed E-state index contributed by atoms with van der Waals surface area (Å²) in [5, 5.41) is 12.9. The number of rotatable bonds is 3. The van der Waals surface area contributed by atoms with Crippen LogP contribution in [0.5, 0.6) is 0 Å².